The number of rotatable bonds is 3. The van der Waals surface area contributed by atoms with Crippen LogP contribution in [0, 0.1) is 0 Å². The van der Waals surface area contributed by atoms with Crippen molar-refractivity contribution in [3.8, 4) is 0 Å². The van der Waals surface area contributed by atoms with Crippen LogP contribution in [0.25, 0.3) is 0 Å². The number of nitrogens with zero attached hydrogens (tertiary/aromatic N) is 1. The number of carbonyl (C=O) groups is 2. The second-order valence-corrected chi connectivity index (χ2v) is 4.97. The average Bonchev–Trinajstić information content (AvgIpc) is 2.62. The monoisotopic (exact) mass is 245 g/mol. The SMILES string of the molecule is CC[C@H]1[C@@H](C)c2ccccc2N1C(=O)CC(C)=O. The summed E-state index contributed by atoms with van der Waals surface area (Å²) in [5.41, 5.74) is 2.18. The van der Waals surface area contributed by atoms with E-state index in [0.29, 0.717) is 5.92 Å². The van der Waals surface area contributed by atoms with Crippen molar-refractivity contribution < 1.29 is 9.59 Å². The Bertz CT molecular complexity index is 481. The quantitative estimate of drug-likeness (QED) is 0.768. The van der Waals surface area contributed by atoms with Crippen molar-refractivity contribution in [2.45, 2.75) is 45.6 Å². The van der Waals surface area contributed by atoms with Crippen molar-refractivity contribution in [1.29, 1.82) is 0 Å². The van der Waals surface area contributed by atoms with Crippen LogP contribution in [0.5, 0.6) is 0 Å². The van der Waals surface area contributed by atoms with Gasteiger partial charge in [-0.2, -0.15) is 0 Å². The molecule has 0 N–H and O–H groups in total. The van der Waals surface area contributed by atoms with Crippen molar-refractivity contribution in [2.75, 3.05) is 4.90 Å². The van der Waals surface area contributed by atoms with Gasteiger partial charge in [0.2, 0.25) is 5.91 Å². The molecule has 2 rings (SSSR count). The Morgan fingerprint density at radius 3 is 2.56 bits per heavy atom. The lowest BCUT2D eigenvalue weighted by molar-refractivity contribution is -0.125. The van der Waals surface area contributed by atoms with E-state index in [1.165, 1.54) is 12.5 Å². The smallest absolute Gasteiger partial charge is 0.234 e. The van der Waals surface area contributed by atoms with Gasteiger partial charge in [-0.15, -0.1) is 0 Å². The van der Waals surface area contributed by atoms with E-state index in [4.69, 9.17) is 0 Å². The van der Waals surface area contributed by atoms with Crippen molar-refractivity contribution >= 4 is 17.4 Å². The van der Waals surface area contributed by atoms with E-state index in [0.717, 1.165) is 12.1 Å². The fourth-order valence-electron chi connectivity index (χ4n) is 2.86. The highest BCUT2D eigenvalue weighted by Crippen LogP contribution is 2.42. The van der Waals surface area contributed by atoms with E-state index >= 15 is 0 Å². The van der Waals surface area contributed by atoms with Crippen molar-refractivity contribution in [3.63, 3.8) is 0 Å². The highest BCUT2D eigenvalue weighted by atomic mass is 16.2. The van der Waals surface area contributed by atoms with Crippen molar-refractivity contribution in [1.82, 2.24) is 0 Å². The largest absolute Gasteiger partial charge is 0.308 e. The van der Waals surface area contributed by atoms with E-state index in [-0.39, 0.29) is 24.2 Å². The fourth-order valence-corrected chi connectivity index (χ4v) is 2.86. The first-order chi connectivity index (χ1) is 8.56. The summed E-state index contributed by atoms with van der Waals surface area (Å²) < 4.78 is 0. The molecule has 1 amide bonds. The molecular weight excluding hydrogens is 226 g/mol. The van der Waals surface area contributed by atoms with Crippen molar-refractivity contribution in [2.24, 2.45) is 0 Å². The van der Waals surface area contributed by atoms with Crippen molar-refractivity contribution in [3.05, 3.63) is 29.8 Å². The summed E-state index contributed by atoms with van der Waals surface area (Å²) in [4.78, 5) is 25.2. The highest BCUT2D eigenvalue weighted by molar-refractivity contribution is 6.06. The van der Waals surface area contributed by atoms with Gasteiger partial charge in [-0.05, 0) is 25.0 Å². The molecule has 0 unspecified atom stereocenters. The van der Waals surface area contributed by atoms with Gasteiger partial charge in [0.1, 0.15) is 5.78 Å². The van der Waals surface area contributed by atoms with E-state index in [9.17, 15) is 9.59 Å². The minimum absolute atomic E-state index is 0.00243. The lowest BCUT2D eigenvalue weighted by Gasteiger charge is -2.26. The molecule has 0 aromatic heterocycles. The summed E-state index contributed by atoms with van der Waals surface area (Å²) >= 11 is 0. The molecule has 1 aliphatic heterocycles. The molecule has 3 nitrogen and oxygen atoms in total. The third-order valence-corrected chi connectivity index (χ3v) is 3.68. The Morgan fingerprint density at radius 1 is 1.28 bits per heavy atom. The van der Waals surface area contributed by atoms with Gasteiger partial charge in [0.25, 0.3) is 0 Å². The maximum atomic E-state index is 12.2. The molecule has 0 saturated heterocycles. The fraction of sp³-hybridized carbons (Fsp3) is 0.467. The zero-order valence-corrected chi connectivity index (χ0v) is 11.1. The summed E-state index contributed by atoms with van der Waals surface area (Å²) in [6.07, 6.45) is 0.900. The van der Waals surface area contributed by atoms with E-state index in [2.05, 4.69) is 19.9 Å². The highest BCUT2D eigenvalue weighted by Gasteiger charge is 2.37. The first-order valence-electron chi connectivity index (χ1n) is 6.46. The van der Waals surface area contributed by atoms with E-state index in [1.54, 1.807) is 0 Å². The summed E-state index contributed by atoms with van der Waals surface area (Å²) in [6, 6.07) is 8.16. The third kappa shape index (κ3) is 2.05. The Kier molecular flexibility index (Phi) is 3.50. The summed E-state index contributed by atoms with van der Waals surface area (Å²) in [6.45, 7) is 5.69. The topological polar surface area (TPSA) is 37.4 Å². The molecule has 0 aliphatic carbocycles. The lowest BCUT2D eigenvalue weighted by atomic mass is 9.95. The normalized spacial score (nSPS) is 21.8. The van der Waals surface area contributed by atoms with Crippen LogP contribution >= 0.6 is 0 Å². The van der Waals surface area contributed by atoms with Crippen LogP contribution in [0.3, 0.4) is 0 Å². The number of fused-ring (bicyclic) bond motifs is 1. The Labute approximate surface area is 108 Å². The Balaban J connectivity index is 2.38. The summed E-state index contributed by atoms with van der Waals surface area (Å²) in [5, 5.41) is 0. The van der Waals surface area contributed by atoms with Gasteiger partial charge in [-0.3, -0.25) is 9.59 Å². The van der Waals surface area contributed by atoms with Gasteiger partial charge in [0.05, 0.1) is 6.42 Å². The van der Waals surface area contributed by atoms with Crippen LogP contribution in [0.2, 0.25) is 0 Å². The second kappa shape index (κ2) is 4.92. The van der Waals surface area contributed by atoms with Crippen LogP contribution in [0.1, 0.15) is 45.1 Å². The molecule has 2 atom stereocenters. The Morgan fingerprint density at radius 2 is 1.94 bits per heavy atom. The van der Waals surface area contributed by atoms with E-state index < -0.39 is 0 Å². The molecule has 3 heteroatoms. The van der Waals surface area contributed by atoms with Gasteiger partial charge in [-0.1, -0.05) is 32.0 Å². The molecule has 1 aromatic rings. The van der Waals surface area contributed by atoms with Gasteiger partial charge in [0, 0.05) is 17.6 Å². The molecule has 96 valence electrons. The number of ketones is 1. The molecule has 0 fully saturated rings. The van der Waals surface area contributed by atoms with Crippen LogP contribution < -0.4 is 4.90 Å². The minimum Gasteiger partial charge on any atom is -0.308 e. The molecule has 0 radical (unpaired) electrons. The number of anilines is 1. The molecular formula is C15H19NO2. The van der Waals surface area contributed by atoms with Crippen LogP contribution in [-0.4, -0.2) is 17.7 Å². The van der Waals surface area contributed by atoms with Gasteiger partial charge in [0.15, 0.2) is 0 Å². The zero-order valence-electron chi connectivity index (χ0n) is 11.1. The number of hydrogen-bond acceptors (Lipinski definition) is 2. The maximum absolute atomic E-state index is 12.2. The maximum Gasteiger partial charge on any atom is 0.234 e. The first-order valence-corrected chi connectivity index (χ1v) is 6.46. The molecule has 18 heavy (non-hydrogen) atoms. The van der Waals surface area contributed by atoms with Crippen LogP contribution in [0.15, 0.2) is 24.3 Å². The lowest BCUT2D eigenvalue weighted by Crippen LogP contribution is -2.39. The number of Topliss-reactive ketones (excluding diaryl/α,β-unsaturated/α-hetero) is 1. The predicted molar refractivity (Wildman–Crippen MR) is 71.7 cm³/mol. The number of hydrogen-bond donors (Lipinski definition) is 0. The number of para-hydroxylation sites is 1. The number of benzene rings is 1. The van der Waals surface area contributed by atoms with Crippen LogP contribution in [-0.2, 0) is 9.59 Å². The Hall–Kier alpha value is -1.64. The third-order valence-electron chi connectivity index (χ3n) is 3.68. The average molecular weight is 245 g/mol. The van der Waals surface area contributed by atoms with Gasteiger partial charge >= 0.3 is 0 Å². The predicted octanol–water partition coefficient (Wildman–Crippen LogP) is 2.89. The minimum atomic E-state index is -0.0776. The zero-order chi connectivity index (χ0) is 13.3. The number of carbonyl (C=O) groups excluding carboxylic acids is 2. The molecule has 1 aromatic carbocycles. The molecule has 0 saturated carbocycles. The van der Waals surface area contributed by atoms with Gasteiger partial charge in [-0.25, -0.2) is 0 Å². The standard InChI is InChI=1S/C15H19NO2/c1-4-13-11(3)12-7-5-6-8-14(12)16(13)15(18)9-10(2)17/h5-8,11,13H,4,9H2,1-3H3/t11-,13-/m0/s1. The summed E-state index contributed by atoms with van der Waals surface area (Å²) in [7, 11) is 0. The van der Waals surface area contributed by atoms with Crippen LogP contribution in [0.4, 0.5) is 5.69 Å². The van der Waals surface area contributed by atoms with Gasteiger partial charge < -0.3 is 4.90 Å². The second-order valence-electron chi connectivity index (χ2n) is 4.97. The summed E-state index contributed by atoms with van der Waals surface area (Å²) in [5.74, 6) is 0.181. The molecule has 1 heterocycles. The molecule has 1 aliphatic rings. The molecule has 0 spiro atoms. The number of amides is 1. The van der Waals surface area contributed by atoms with E-state index in [1.807, 2.05) is 23.1 Å². The molecule has 0 bridgehead atoms. The first kappa shape index (κ1) is 12.8.